The Morgan fingerprint density at radius 3 is 2.53 bits per heavy atom. The predicted octanol–water partition coefficient (Wildman–Crippen LogP) is 3.56. The Morgan fingerprint density at radius 1 is 1.26 bits per heavy atom. The monoisotopic (exact) mass is 278 g/mol. The minimum atomic E-state index is -0.268. The van der Waals surface area contributed by atoms with Gasteiger partial charge in [0.1, 0.15) is 17.3 Å². The van der Waals surface area contributed by atoms with E-state index in [2.05, 4.69) is 5.32 Å². The zero-order valence-electron chi connectivity index (χ0n) is 10.8. The maximum absolute atomic E-state index is 12.8. The van der Waals surface area contributed by atoms with Crippen molar-refractivity contribution in [2.24, 2.45) is 0 Å². The van der Waals surface area contributed by atoms with Gasteiger partial charge in [-0.1, -0.05) is 0 Å². The van der Waals surface area contributed by atoms with Crippen LogP contribution in [0.3, 0.4) is 0 Å². The number of hydrogen-bond acceptors (Lipinski definition) is 2. The number of hydrogen-bond donors (Lipinski definition) is 1. The molecule has 19 heavy (non-hydrogen) atoms. The molecule has 0 aliphatic carbocycles. The third-order valence-electron chi connectivity index (χ3n) is 2.63. The van der Waals surface area contributed by atoms with Crippen LogP contribution in [0.4, 0.5) is 10.1 Å². The number of furan rings is 1. The first-order valence-corrected chi connectivity index (χ1v) is 6.28. The summed E-state index contributed by atoms with van der Waals surface area (Å²) < 4.78 is 18.3. The van der Waals surface area contributed by atoms with Crippen molar-refractivity contribution in [3.63, 3.8) is 0 Å². The molecule has 3 nitrogen and oxygen atoms in total. The fourth-order valence-electron chi connectivity index (χ4n) is 1.63. The highest BCUT2D eigenvalue weighted by Crippen LogP contribution is 2.12. The van der Waals surface area contributed by atoms with Crippen LogP contribution < -0.4 is 5.32 Å². The van der Waals surface area contributed by atoms with Crippen LogP contribution in [0.2, 0.25) is 0 Å². The summed E-state index contributed by atoms with van der Waals surface area (Å²) in [7, 11) is 1.87. The van der Waals surface area contributed by atoms with E-state index in [0.717, 1.165) is 17.2 Å². The summed E-state index contributed by atoms with van der Waals surface area (Å²) in [4.78, 5) is 1.86. The molecule has 1 N–H and O–H groups in total. The molecule has 0 fully saturated rings. The average Bonchev–Trinajstić information content (AvgIpc) is 2.77. The lowest BCUT2D eigenvalue weighted by Crippen LogP contribution is -2.30. The van der Waals surface area contributed by atoms with Crippen LogP contribution in [-0.4, -0.2) is 17.1 Å². The molecule has 0 atom stereocenters. The minimum absolute atomic E-state index is 0.268. The number of thiocarbonyl (C=S) groups is 1. The molecule has 1 heterocycles. The van der Waals surface area contributed by atoms with Crippen LogP contribution in [0, 0.1) is 12.7 Å². The van der Waals surface area contributed by atoms with Crippen LogP contribution in [0.1, 0.15) is 11.5 Å². The van der Waals surface area contributed by atoms with Gasteiger partial charge in [0.25, 0.3) is 0 Å². The molecule has 100 valence electrons. The van der Waals surface area contributed by atoms with E-state index in [4.69, 9.17) is 16.6 Å². The first kappa shape index (κ1) is 13.5. The van der Waals surface area contributed by atoms with Crippen LogP contribution in [0.25, 0.3) is 0 Å². The topological polar surface area (TPSA) is 28.4 Å². The Hall–Kier alpha value is -1.88. The molecule has 1 aromatic heterocycles. The molecule has 2 aromatic rings. The number of rotatable bonds is 3. The van der Waals surface area contributed by atoms with E-state index in [1.807, 2.05) is 31.0 Å². The van der Waals surface area contributed by atoms with Crippen molar-refractivity contribution < 1.29 is 8.81 Å². The van der Waals surface area contributed by atoms with Gasteiger partial charge in [0.05, 0.1) is 6.54 Å². The fraction of sp³-hybridized carbons (Fsp3) is 0.214. The van der Waals surface area contributed by atoms with E-state index in [1.165, 1.54) is 12.1 Å². The van der Waals surface area contributed by atoms with E-state index in [9.17, 15) is 4.39 Å². The Morgan fingerprint density at radius 2 is 1.95 bits per heavy atom. The lowest BCUT2D eigenvalue weighted by molar-refractivity contribution is 0.403. The highest BCUT2D eigenvalue weighted by atomic mass is 32.1. The highest BCUT2D eigenvalue weighted by Gasteiger charge is 2.08. The summed E-state index contributed by atoms with van der Waals surface area (Å²) in [6.07, 6.45) is 0. The molecule has 0 aliphatic rings. The van der Waals surface area contributed by atoms with Crippen molar-refractivity contribution in [3.05, 3.63) is 53.7 Å². The maximum atomic E-state index is 12.8. The van der Waals surface area contributed by atoms with E-state index in [0.29, 0.717) is 11.7 Å². The Kier molecular flexibility index (Phi) is 4.16. The van der Waals surface area contributed by atoms with Crippen molar-refractivity contribution in [2.45, 2.75) is 13.5 Å². The molecule has 2 rings (SSSR count). The molecule has 0 saturated carbocycles. The molecule has 0 spiro atoms. The number of aryl methyl sites for hydroxylation is 1. The summed E-state index contributed by atoms with van der Waals surface area (Å²) in [5.41, 5.74) is 0.758. The zero-order valence-corrected chi connectivity index (χ0v) is 11.6. The molecule has 0 unspecified atom stereocenters. The van der Waals surface area contributed by atoms with Crippen molar-refractivity contribution in [1.29, 1.82) is 0 Å². The molecular formula is C14H15FN2OS. The number of nitrogens with zero attached hydrogens (tertiary/aromatic N) is 1. The number of halogens is 1. The van der Waals surface area contributed by atoms with Gasteiger partial charge in [0, 0.05) is 12.7 Å². The van der Waals surface area contributed by atoms with Gasteiger partial charge in [-0.3, -0.25) is 0 Å². The number of benzene rings is 1. The van der Waals surface area contributed by atoms with Crippen LogP contribution in [0.15, 0.2) is 40.8 Å². The van der Waals surface area contributed by atoms with Gasteiger partial charge in [-0.05, 0) is 55.5 Å². The van der Waals surface area contributed by atoms with Gasteiger partial charge in [0.15, 0.2) is 5.11 Å². The largest absolute Gasteiger partial charge is 0.464 e. The Labute approximate surface area is 117 Å². The van der Waals surface area contributed by atoms with Gasteiger partial charge < -0.3 is 14.6 Å². The van der Waals surface area contributed by atoms with Crippen molar-refractivity contribution in [2.75, 3.05) is 12.4 Å². The molecule has 0 aliphatic heterocycles. The van der Waals surface area contributed by atoms with Crippen LogP contribution >= 0.6 is 12.2 Å². The lowest BCUT2D eigenvalue weighted by atomic mass is 10.3. The van der Waals surface area contributed by atoms with Gasteiger partial charge in [-0.25, -0.2) is 4.39 Å². The van der Waals surface area contributed by atoms with Crippen LogP contribution in [-0.2, 0) is 6.54 Å². The van der Waals surface area contributed by atoms with E-state index in [1.54, 1.807) is 12.1 Å². The normalized spacial score (nSPS) is 10.3. The van der Waals surface area contributed by atoms with E-state index in [-0.39, 0.29) is 5.82 Å². The maximum Gasteiger partial charge on any atom is 0.173 e. The lowest BCUT2D eigenvalue weighted by Gasteiger charge is -2.19. The van der Waals surface area contributed by atoms with Crippen molar-refractivity contribution >= 4 is 23.0 Å². The first-order valence-electron chi connectivity index (χ1n) is 5.87. The second kappa shape index (κ2) is 5.84. The first-order chi connectivity index (χ1) is 9.04. The third kappa shape index (κ3) is 3.79. The fourth-order valence-corrected chi connectivity index (χ4v) is 1.81. The molecular weight excluding hydrogens is 263 g/mol. The van der Waals surface area contributed by atoms with E-state index < -0.39 is 0 Å². The Bertz CT molecular complexity index is 565. The molecule has 1 aromatic carbocycles. The summed E-state index contributed by atoms with van der Waals surface area (Å²) in [5.74, 6) is 1.46. The number of anilines is 1. The van der Waals surface area contributed by atoms with Gasteiger partial charge in [0.2, 0.25) is 0 Å². The summed E-state index contributed by atoms with van der Waals surface area (Å²) in [6, 6.07) is 9.91. The van der Waals surface area contributed by atoms with Crippen molar-refractivity contribution in [1.82, 2.24) is 4.90 Å². The quantitative estimate of drug-likeness (QED) is 0.869. The SMILES string of the molecule is Cc1ccc(CN(C)C(=S)Nc2ccc(F)cc2)o1. The summed E-state index contributed by atoms with van der Waals surface area (Å²) in [5, 5.41) is 3.60. The zero-order chi connectivity index (χ0) is 13.8. The van der Waals surface area contributed by atoms with Crippen LogP contribution in [0.5, 0.6) is 0 Å². The summed E-state index contributed by atoms with van der Waals surface area (Å²) in [6.45, 7) is 2.49. The third-order valence-corrected chi connectivity index (χ3v) is 3.04. The number of nitrogens with one attached hydrogen (secondary N) is 1. The second-order valence-electron chi connectivity index (χ2n) is 4.31. The molecule has 0 saturated heterocycles. The molecule has 0 bridgehead atoms. The molecule has 0 radical (unpaired) electrons. The van der Waals surface area contributed by atoms with Gasteiger partial charge in [-0.15, -0.1) is 0 Å². The second-order valence-corrected chi connectivity index (χ2v) is 4.69. The highest BCUT2D eigenvalue weighted by molar-refractivity contribution is 7.80. The molecule has 5 heteroatoms. The van der Waals surface area contributed by atoms with Crippen molar-refractivity contribution in [3.8, 4) is 0 Å². The van der Waals surface area contributed by atoms with Gasteiger partial charge >= 0.3 is 0 Å². The average molecular weight is 278 g/mol. The Balaban J connectivity index is 1.94. The standard InChI is InChI=1S/C14H15FN2OS/c1-10-3-8-13(18-10)9-17(2)14(19)16-12-6-4-11(15)5-7-12/h3-8H,9H2,1-2H3,(H,16,19). The smallest absolute Gasteiger partial charge is 0.173 e. The minimum Gasteiger partial charge on any atom is -0.464 e. The van der Waals surface area contributed by atoms with E-state index >= 15 is 0 Å². The summed E-state index contributed by atoms with van der Waals surface area (Å²) >= 11 is 5.28. The van der Waals surface area contributed by atoms with Gasteiger partial charge in [-0.2, -0.15) is 0 Å². The molecule has 0 amide bonds. The predicted molar refractivity (Wildman–Crippen MR) is 77.5 cm³/mol.